The summed E-state index contributed by atoms with van der Waals surface area (Å²) in [5.74, 6) is -1.36. The lowest BCUT2D eigenvalue weighted by Crippen LogP contribution is -2.08. The molecule has 8 N–H and O–H groups in total. The Labute approximate surface area is 336 Å². The summed E-state index contributed by atoms with van der Waals surface area (Å²) in [5, 5.41) is 29.3. The van der Waals surface area contributed by atoms with Crippen LogP contribution in [-0.4, -0.2) is 76.0 Å². The molecule has 0 fully saturated rings. The molecule has 2 aromatic heterocycles. The third-order valence-corrected chi connectivity index (χ3v) is 10.9. The molecule has 0 aliphatic carbocycles. The minimum Gasteiger partial charge on any atom is -0.505 e. The lowest BCUT2D eigenvalue weighted by molar-refractivity contribution is 0.472. The number of nitrogens with zero attached hydrogens (tertiary/aromatic N) is 7. The molecule has 2 heterocycles. The number of hydrogen-bond donors (Lipinski definition) is 8. The SMILES string of the molecule is CNc1nc(Nc2cccc(Nc3nc(Cl)nc(Cl)c3Cl)c2)nc(Nc2cc(S(=O)(=O)O)cc3cc(S(=O)(=O)O)c(N=Nc4ccccc4S(=O)(=O)O)c(O)c23)n1. The Bertz CT molecular complexity index is 2980. The molecule has 0 bridgehead atoms. The summed E-state index contributed by atoms with van der Waals surface area (Å²) >= 11 is 18.1. The van der Waals surface area contributed by atoms with Gasteiger partial charge in [0.15, 0.2) is 16.7 Å². The standard InChI is InChI=1S/C30H22Cl3N11O10S3/c1-34-28-40-29(36-15-6-4-5-14(11-15)35-26-22(31)25(32)38-27(33)39-26)42-30(41-28)37-18-12-16(55(46,47)48)9-13-10-20(57(52,53)54)23(24(45)21(13)18)44-43-17-7-2-3-8-19(17)56(49,50)51/h2-12,45H,1H3,(H,35,38,39)(H,46,47,48)(H,49,50,51)(H,52,53,54)(H3,34,36,37,40,41,42). The van der Waals surface area contributed by atoms with Crippen LogP contribution < -0.4 is 21.3 Å². The molecule has 57 heavy (non-hydrogen) atoms. The van der Waals surface area contributed by atoms with Gasteiger partial charge in [0.1, 0.15) is 26.2 Å². The highest BCUT2D eigenvalue weighted by Gasteiger charge is 2.26. The van der Waals surface area contributed by atoms with Gasteiger partial charge in [-0.2, -0.15) is 45.2 Å². The zero-order chi connectivity index (χ0) is 41.4. The Morgan fingerprint density at radius 3 is 1.93 bits per heavy atom. The van der Waals surface area contributed by atoms with Crippen molar-refractivity contribution in [2.24, 2.45) is 10.2 Å². The van der Waals surface area contributed by atoms with Crippen molar-refractivity contribution in [1.29, 1.82) is 0 Å². The third-order valence-electron chi connectivity index (χ3n) is 7.37. The molecule has 0 atom stereocenters. The predicted octanol–water partition coefficient (Wildman–Crippen LogP) is 6.91. The van der Waals surface area contributed by atoms with Gasteiger partial charge in [0.25, 0.3) is 30.4 Å². The number of aromatic hydroxyl groups is 1. The first-order valence-corrected chi connectivity index (χ1v) is 20.7. The maximum absolute atomic E-state index is 12.5. The molecule has 0 aliphatic rings. The fourth-order valence-electron chi connectivity index (χ4n) is 5.00. The lowest BCUT2D eigenvalue weighted by atomic mass is 10.1. The normalized spacial score (nSPS) is 12.2. The molecule has 27 heteroatoms. The molecule has 0 amide bonds. The quantitative estimate of drug-likeness (QED) is 0.0268. The Balaban J connectivity index is 1.45. The Morgan fingerprint density at radius 1 is 0.649 bits per heavy atom. The maximum atomic E-state index is 12.5. The molecule has 21 nitrogen and oxygen atoms in total. The summed E-state index contributed by atoms with van der Waals surface area (Å²) < 4.78 is 103. The molecular weight excluding hydrogens is 877 g/mol. The summed E-state index contributed by atoms with van der Waals surface area (Å²) in [4.78, 5) is 17.9. The highest BCUT2D eigenvalue weighted by atomic mass is 35.5. The molecule has 0 saturated heterocycles. The fraction of sp³-hybridized carbons (Fsp3) is 0.0333. The van der Waals surface area contributed by atoms with Gasteiger partial charge >= 0.3 is 0 Å². The van der Waals surface area contributed by atoms with Gasteiger partial charge in [0.05, 0.1) is 10.6 Å². The molecule has 296 valence electrons. The van der Waals surface area contributed by atoms with Crippen LogP contribution in [0.1, 0.15) is 0 Å². The molecule has 6 aromatic rings. The van der Waals surface area contributed by atoms with Crippen LogP contribution in [-0.2, 0) is 30.4 Å². The monoisotopic (exact) mass is 897 g/mol. The van der Waals surface area contributed by atoms with Gasteiger partial charge in [-0.15, -0.1) is 10.2 Å². The molecule has 6 rings (SSSR count). The smallest absolute Gasteiger partial charge is 0.296 e. The van der Waals surface area contributed by atoms with Crippen LogP contribution in [0.4, 0.5) is 52.1 Å². The molecule has 0 saturated carbocycles. The second-order valence-electron chi connectivity index (χ2n) is 11.2. The number of azo groups is 1. The van der Waals surface area contributed by atoms with Crippen LogP contribution in [0.25, 0.3) is 10.8 Å². The van der Waals surface area contributed by atoms with Crippen molar-refractivity contribution in [3.05, 3.63) is 82.2 Å². The average Bonchev–Trinajstić information content (AvgIpc) is 3.12. The molecule has 0 aliphatic heterocycles. The second kappa shape index (κ2) is 15.8. The van der Waals surface area contributed by atoms with Crippen LogP contribution in [0, 0.1) is 0 Å². The average molecular weight is 899 g/mol. The first kappa shape index (κ1) is 41.1. The largest absolute Gasteiger partial charge is 0.505 e. The summed E-state index contributed by atoms with van der Waals surface area (Å²) in [7, 11) is -13.7. The number of fused-ring (bicyclic) bond motifs is 1. The number of hydrogen-bond acceptors (Lipinski definition) is 18. The first-order valence-electron chi connectivity index (χ1n) is 15.2. The topological polar surface area (TPSA) is 321 Å². The molecule has 0 unspecified atom stereocenters. The van der Waals surface area contributed by atoms with E-state index >= 15 is 0 Å². The van der Waals surface area contributed by atoms with Crippen LogP contribution >= 0.6 is 34.8 Å². The van der Waals surface area contributed by atoms with Crippen LogP contribution in [0.3, 0.4) is 0 Å². The van der Waals surface area contributed by atoms with E-state index in [1.54, 1.807) is 24.3 Å². The Morgan fingerprint density at radius 2 is 1.28 bits per heavy atom. The van der Waals surface area contributed by atoms with Crippen molar-refractivity contribution >= 4 is 128 Å². The van der Waals surface area contributed by atoms with E-state index < -0.39 is 62.2 Å². The van der Waals surface area contributed by atoms with E-state index in [9.17, 15) is 44.0 Å². The van der Waals surface area contributed by atoms with Gasteiger partial charge in [-0.05, 0) is 65.5 Å². The van der Waals surface area contributed by atoms with E-state index in [2.05, 4.69) is 56.4 Å². The van der Waals surface area contributed by atoms with E-state index in [-0.39, 0.29) is 55.6 Å². The van der Waals surface area contributed by atoms with E-state index in [4.69, 9.17) is 34.8 Å². The van der Waals surface area contributed by atoms with Crippen molar-refractivity contribution in [3.8, 4) is 5.75 Å². The van der Waals surface area contributed by atoms with Gasteiger partial charge in [0.2, 0.25) is 23.1 Å². The Hall–Kier alpha value is -5.57. The summed E-state index contributed by atoms with van der Waals surface area (Å²) in [6.45, 7) is 0. The van der Waals surface area contributed by atoms with Gasteiger partial charge in [0, 0.05) is 23.8 Å². The fourth-order valence-corrected chi connectivity index (χ4v) is 7.34. The lowest BCUT2D eigenvalue weighted by Gasteiger charge is -2.16. The number of phenols is 1. The zero-order valence-electron chi connectivity index (χ0n) is 28.1. The summed E-state index contributed by atoms with van der Waals surface area (Å²) in [6.07, 6.45) is 0. The first-order chi connectivity index (χ1) is 26.7. The zero-order valence-corrected chi connectivity index (χ0v) is 32.8. The maximum Gasteiger partial charge on any atom is 0.296 e. The van der Waals surface area contributed by atoms with Crippen LogP contribution in [0.15, 0.2) is 91.6 Å². The Kier molecular flexibility index (Phi) is 11.4. The molecule has 0 radical (unpaired) electrons. The van der Waals surface area contributed by atoms with Crippen molar-refractivity contribution in [2.75, 3.05) is 28.3 Å². The molecular formula is C30H22Cl3N11O10S3. The summed E-state index contributed by atoms with van der Waals surface area (Å²) in [6, 6.07) is 13.6. The number of phenolic OH excluding ortho intramolecular Hbond substituents is 1. The predicted molar refractivity (Wildman–Crippen MR) is 208 cm³/mol. The van der Waals surface area contributed by atoms with Crippen LogP contribution in [0.5, 0.6) is 5.75 Å². The highest BCUT2D eigenvalue weighted by molar-refractivity contribution is 7.86. The molecule has 4 aromatic carbocycles. The minimum atomic E-state index is -5.27. The van der Waals surface area contributed by atoms with Gasteiger partial charge in [-0.3, -0.25) is 13.7 Å². The van der Waals surface area contributed by atoms with E-state index in [1.807, 2.05) is 0 Å². The number of halogens is 3. The number of anilines is 7. The van der Waals surface area contributed by atoms with Gasteiger partial charge < -0.3 is 26.4 Å². The van der Waals surface area contributed by atoms with E-state index in [1.165, 1.54) is 19.2 Å². The number of rotatable bonds is 12. The van der Waals surface area contributed by atoms with Crippen molar-refractivity contribution < 1.29 is 44.0 Å². The molecule has 0 spiro atoms. The van der Waals surface area contributed by atoms with Gasteiger partial charge in [-0.1, -0.05) is 41.4 Å². The highest BCUT2D eigenvalue weighted by Crippen LogP contribution is 2.46. The van der Waals surface area contributed by atoms with Crippen molar-refractivity contribution in [3.63, 3.8) is 0 Å². The minimum absolute atomic E-state index is 0.00906. The van der Waals surface area contributed by atoms with Crippen molar-refractivity contribution in [1.82, 2.24) is 24.9 Å². The van der Waals surface area contributed by atoms with Crippen LogP contribution in [0.2, 0.25) is 15.5 Å². The summed E-state index contributed by atoms with van der Waals surface area (Å²) in [5.41, 5.74) is -0.927. The van der Waals surface area contributed by atoms with Crippen molar-refractivity contribution in [2.45, 2.75) is 14.7 Å². The number of nitrogens with one attached hydrogen (secondary N) is 4. The third kappa shape index (κ3) is 9.36. The van der Waals surface area contributed by atoms with E-state index in [0.717, 1.165) is 24.3 Å². The van der Waals surface area contributed by atoms with Gasteiger partial charge in [-0.25, -0.2) is 4.98 Å². The number of aromatic nitrogens is 5. The van der Waals surface area contributed by atoms with E-state index in [0.29, 0.717) is 17.4 Å². The number of benzene rings is 4. The second-order valence-corrected chi connectivity index (χ2v) is 16.5.